The highest BCUT2D eigenvalue weighted by Crippen LogP contribution is 2.28. The molecular weight excluding hydrogens is 311 g/mol. The van der Waals surface area contributed by atoms with Gasteiger partial charge >= 0.3 is 7.12 Å². The summed E-state index contributed by atoms with van der Waals surface area (Å²) in [5.41, 5.74) is 3.81. The average Bonchev–Trinajstić information content (AvgIpc) is 2.68. The van der Waals surface area contributed by atoms with Crippen LogP contribution in [0.3, 0.4) is 0 Å². The quantitative estimate of drug-likeness (QED) is 0.568. The van der Waals surface area contributed by atoms with Gasteiger partial charge in [0.05, 0.1) is 11.2 Å². The molecule has 0 unspecified atom stereocenters. The van der Waals surface area contributed by atoms with Gasteiger partial charge in [-0.3, -0.25) is 0 Å². The highest BCUT2D eigenvalue weighted by molar-refractivity contribution is 6.58. The molecule has 4 aromatic rings. The van der Waals surface area contributed by atoms with E-state index in [2.05, 4.69) is 4.98 Å². The highest BCUT2D eigenvalue weighted by Gasteiger charge is 2.15. The third-order valence-electron chi connectivity index (χ3n) is 4.09. The molecule has 4 nitrogen and oxygen atoms in total. The van der Waals surface area contributed by atoms with Gasteiger partial charge in [0.1, 0.15) is 0 Å². The minimum Gasteiger partial charge on any atom is -0.423 e. The van der Waals surface area contributed by atoms with Crippen LogP contribution in [-0.4, -0.2) is 27.1 Å². The Hall–Kier alpha value is -3.02. The number of fused-ring (bicyclic) bond motifs is 1. The smallest absolute Gasteiger partial charge is 0.423 e. The van der Waals surface area contributed by atoms with Gasteiger partial charge in [-0.05, 0) is 11.5 Å². The van der Waals surface area contributed by atoms with Crippen LogP contribution in [-0.2, 0) is 0 Å². The normalized spacial score (nSPS) is 10.8. The monoisotopic (exact) mass is 326 g/mol. The van der Waals surface area contributed by atoms with Crippen LogP contribution in [0.15, 0.2) is 78.9 Å². The van der Waals surface area contributed by atoms with Crippen molar-refractivity contribution in [3.63, 3.8) is 0 Å². The van der Waals surface area contributed by atoms with Gasteiger partial charge < -0.3 is 10.0 Å². The molecule has 4 rings (SSSR count). The second kappa shape index (κ2) is 6.47. The Morgan fingerprint density at radius 1 is 0.680 bits per heavy atom. The summed E-state index contributed by atoms with van der Waals surface area (Å²) >= 11 is 0. The predicted octanol–water partition coefficient (Wildman–Crippen LogP) is 2.64. The molecule has 0 saturated carbocycles. The third kappa shape index (κ3) is 3.03. The Morgan fingerprint density at radius 2 is 1.40 bits per heavy atom. The first-order valence-electron chi connectivity index (χ1n) is 8.01. The van der Waals surface area contributed by atoms with Gasteiger partial charge in [0.25, 0.3) is 0 Å². The predicted molar refractivity (Wildman–Crippen MR) is 100 cm³/mol. The highest BCUT2D eigenvalue weighted by atomic mass is 16.4. The molecule has 25 heavy (non-hydrogen) atoms. The van der Waals surface area contributed by atoms with Crippen molar-refractivity contribution in [2.24, 2.45) is 0 Å². The van der Waals surface area contributed by atoms with Crippen LogP contribution < -0.4 is 5.46 Å². The summed E-state index contributed by atoms with van der Waals surface area (Å²) in [6.45, 7) is 0. The fourth-order valence-corrected chi connectivity index (χ4v) is 2.86. The summed E-state index contributed by atoms with van der Waals surface area (Å²) in [5.74, 6) is 0.643. The lowest BCUT2D eigenvalue weighted by Gasteiger charge is -2.10. The first kappa shape index (κ1) is 15.5. The molecule has 0 bridgehead atoms. The van der Waals surface area contributed by atoms with E-state index < -0.39 is 7.12 Å². The molecule has 1 aromatic heterocycles. The van der Waals surface area contributed by atoms with Gasteiger partial charge in [0.15, 0.2) is 5.82 Å². The van der Waals surface area contributed by atoms with Crippen molar-refractivity contribution >= 4 is 23.5 Å². The van der Waals surface area contributed by atoms with Crippen LogP contribution >= 0.6 is 0 Å². The number of aromatic nitrogens is 2. The lowest BCUT2D eigenvalue weighted by molar-refractivity contribution is 0.426. The zero-order valence-electron chi connectivity index (χ0n) is 13.4. The van der Waals surface area contributed by atoms with E-state index in [1.807, 2.05) is 60.7 Å². The van der Waals surface area contributed by atoms with E-state index in [0.29, 0.717) is 11.3 Å². The van der Waals surface area contributed by atoms with E-state index >= 15 is 0 Å². The lowest BCUT2D eigenvalue weighted by Crippen LogP contribution is -2.29. The summed E-state index contributed by atoms with van der Waals surface area (Å²) < 4.78 is 0. The summed E-state index contributed by atoms with van der Waals surface area (Å²) in [6, 6.07) is 24.8. The van der Waals surface area contributed by atoms with Gasteiger partial charge in [-0.15, -0.1) is 0 Å². The minimum absolute atomic E-state index is 0.432. The molecule has 0 amide bonds. The Labute approximate surface area is 145 Å². The molecule has 0 spiro atoms. The summed E-state index contributed by atoms with van der Waals surface area (Å²) in [4.78, 5) is 9.45. The van der Waals surface area contributed by atoms with Crippen LogP contribution in [0.4, 0.5) is 0 Å². The Balaban J connectivity index is 1.98. The maximum atomic E-state index is 9.46. The largest absolute Gasteiger partial charge is 0.488 e. The fraction of sp³-hybridized carbons (Fsp3) is 0. The zero-order chi connectivity index (χ0) is 17.2. The molecule has 120 valence electrons. The van der Waals surface area contributed by atoms with Crippen molar-refractivity contribution in [1.82, 2.24) is 9.97 Å². The van der Waals surface area contributed by atoms with Gasteiger partial charge in [-0.1, -0.05) is 72.8 Å². The molecule has 1 heterocycles. The Kier molecular flexibility index (Phi) is 4.02. The van der Waals surface area contributed by atoms with Crippen LogP contribution in [0, 0.1) is 0 Å². The van der Waals surface area contributed by atoms with E-state index in [1.54, 1.807) is 18.2 Å². The fourth-order valence-electron chi connectivity index (χ4n) is 2.86. The van der Waals surface area contributed by atoms with Crippen molar-refractivity contribution in [3.05, 3.63) is 78.9 Å². The number of para-hydroxylation sites is 1. The Bertz CT molecular complexity index is 1040. The molecular formula is C20H15BN2O2. The molecule has 0 atom stereocenters. The molecule has 0 saturated heterocycles. The van der Waals surface area contributed by atoms with E-state index in [0.717, 1.165) is 27.7 Å². The van der Waals surface area contributed by atoms with Crippen molar-refractivity contribution in [1.29, 1.82) is 0 Å². The maximum absolute atomic E-state index is 9.46. The van der Waals surface area contributed by atoms with Crippen molar-refractivity contribution in [2.75, 3.05) is 0 Å². The number of rotatable bonds is 3. The van der Waals surface area contributed by atoms with E-state index in [4.69, 9.17) is 4.98 Å². The van der Waals surface area contributed by atoms with E-state index in [1.165, 1.54) is 0 Å². The Morgan fingerprint density at radius 3 is 2.20 bits per heavy atom. The standard InChI is InChI=1S/C20H15BN2O2/c24-21(25)16-10-6-9-15(13-16)19-17-11-4-5-12-18(17)22-20(23-19)14-7-2-1-3-8-14/h1-13,24-25H. The van der Waals surface area contributed by atoms with Crippen molar-refractivity contribution in [2.45, 2.75) is 0 Å². The summed E-state index contributed by atoms with van der Waals surface area (Å²) in [5, 5.41) is 19.9. The van der Waals surface area contributed by atoms with Crippen LogP contribution in [0.5, 0.6) is 0 Å². The van der Waals surface area contributed by atoms with Gasteiger partial charge in [-0.25, -0.2) is 9.97 Å². The number of hydrogen-bond acceptors (Lipinski definition) is 4. The number of hydrogen-bond donors (Lipinski definition) is 2. The zero-order valence-corrected chi connectivity index (χ0v) is 13.4. The van der Waals surface area contributed by atoms with Crippen LogP contribution in [0.25, 0.3) is 33.5 Å². The van der Waals surface area contributed by atoms with Crippen LogP contribution in [0.2, 0.25) is 0 Å². The first-order valence-corrected chi connectivity index (χ1v) is 8.01. The van der Waals surface area contributed by atoms with Crippen LogP contribution in [0.1, 0.15) is 0 Å². The summed E-state index contributed by atoms with van der Waals surface area (Å²) in [6.07, 6.45) is 0. The molecule has 5 heteroatoms. The topological polar surface area (TPSA) is 66.2 Å². The molecule has 3 aromatic carbocycles. The van der Waals surface area contributed by atoms with E-state index in [-0.39, 0.29) is 0 Å². The molecule has 0 aliphatic heterocycles. The molecule has 2 N–H and O–H groups in total. The molecule has 0 aliphatic rings. The minimum atomic E-state index is -1.51. The average molecular weight is 326 g/mol. The SMILES string of the molecule is OB(O)c1cccc(-c2nc(-c3ccccc3)nc3ccccc23)c1. The van der Waals surface area contributed by atoms with Gasteiger partial charge in [0, 0.05) is 16.5 Å². The molecule has 0 aliphatic carbocycles. The van der Waals surface area contributed by atoms with Crippen molar-refractivity contribution < 1.29 is 10.0 Å². The summed E-state index contributed by atoms with van der Waals surface area (Å²) in [7, 11) is -1.51. The van der Waals surface area contributed by atoms with E-state index in [9.17, 15) is 10.0 Å². The second-order valence-electron chi connectivity index (χ2n) is 5.78. The first-order chi connectivity index (χ1) is 12.2. The van der Waals surface area contributed by atoms with Gasteiger partial charge in [-0.2, -0.15) is 0 Å². The molecule has 0 radical (unpaired) electrons. The number of benzene rings is 3. The lowest BCUT2D eigenvalue weighted by atomic mass is 9.79. The third-order valence-corrected chi connectivity index (χ3v) is 4.09. The number of nitrogens with zero attached hydrogens (tertiary/aromatic N) is 2. The second-order valence-corrected chi connectivity index (χ2v) is 5.78. The van der Waals surface area contributed by atoms with Gasteiger partial charge in [0.2, 0.25) is 0 Å². The molecule has 0 fully saturated rings. The maximum Gasteiger partial charge on any atom is 0.488 e. The van der Waals surface area contributed by atoms with Crippen molar-refractivity contribution in [3.8, 4) is 22.6 Å².